The summed E-state index contributed by atoms with van der Waals surface area (Å²) >= 11 is 0. The molecule has 128 valence electrons. The van der Waals surface area contributed by atoms with Crippen LogP contribution in [0.5, 0.6) is 5.75 Å². The van der Waals surface area contributed by atoms with Crippen molar-refractivity contribution >= 4 is 17.5 Å². The van der Waals surface area contributed by atoms with Crippen LogP contribution in [0.25, 0.3) is 0 Å². The fourth-order valence-corrected chi connectivity index (χ4v) is 2.59. The van der Waals surface area contributed by atoms with Gasteiger partial charge in [-0.3, -0.25) is 0 Å². The summed E-state index contributed by atoms with van der Waals surface area (Å²) in [6.45, 7) is 4.62. The van der Waals surface area contributed by atoms with Crippen molar-refractivity contribution in [3.05, 3.63) is 71.4 Å². The monoisotopic (exact) mass is 334 g/mol. The van der Waals surface area contributed by atoms with E-state index in [9.17, 15) is 0 Å². The molecule has 1 heterocycles. The van der Waals surface area contributed by atoms with Crippen LogP contribution >= 0.6 is 0 Å². The highest BCUT2D eigenvalue weighted by Crippen LogP contribution is 2.21. The second-order valence-electron chi connectivity index (χ2n) is 5.82. The van der Waals surface area contributed by atoms with Gasteiger partial charge in [0.15, 0.2) is 0 Å². The van der Waals surface area contributed by atoms with Gasteiger partial charge in [0.25, 0.3) is 0 Å². The molecule has 0 bridgehead atoms. The molecule has 2 aromatic carbocycles. The zero-order valence-corrected chi connectivity index (χ0v) is 14.7. The molecule has 0 unspecified atom stereocenters. The molecular formula is C20H22N4O. The van der Waals surface area contributed by atoms with Gasteiger partial charge in [0.05, 0.1) is 7.11 Å². The molecule has 0 spiro atoms. The van der Waals surface area contributed by atoms with Gasteiger partial charge in [-0.15, -0.1) is 0 Å². The number of methoxy groups -OCH3 is 1. The Hall–Kier alpha value is -3.08. The molecule has 5 nitrogen and oxygen atoms in total. The highest BCUT2D eigenvalue weighted by atomic mass is 16.5. The highest BCUT2D eigenvalue weighted by Gasteiger charge is 2.06. The van der Waals surface area contributed by atoms with Crippen LogP contribution in [0.4, 0.5) is 17.5 Å². The Morgan fingerprint density at radius 3 is 2.52 bits per heavy atom. The van der Waals surface area contributed by atoms with Crippen LogP contribution < -0.4 is 15.4 Å². The van der Waals surface area contributed by atoms with Gasteiger partial charge in [-0.25, -0.2) is 4.98 Å². The Labute approximate surface area is 148 Å². The first-order valence-corrected chi connectivity index (χ1v) is 8.20. The molecular weight excluding hydrogens is 312 g/mol. The Balaban J connectivity index is 1.76. The SMILES string of the molecule is COc1ccccc1CNc1nc(C)cc(Nc2ccccc2C)n1. The summed E-state index contributed by atoms with van der Waals surface area (Å²) in [5.41, 5.74) is 4.16. The molecule has 0 fully saturated rings. The molecule has 25 heavy (non-hydrogen) atoms. The van der Waals surface area contributed by atoms with Gasteiger partial charge in [0.1, 0.15) is 11.6 Å². The lowest BCUT2D eigenvalue weighted by Gasteiger charge is -2.12. The van der Waals surface area contributed by atoms with Crippen molar-refractivity contribution in [1.82, 2.24) is 9.97 Å². The lowest BCUT2D eigenvalue weighted by molar-refractivity contribution is 0.410. The molecule has 0 saturated heterocycles. The van der Waals surface area contributed by atoms with Crippen LogP contribution in [0.15, 0.2) is 54.6 Å². The third kappa shape index (κ3) is 4.26. The maximum Gasteiger partial charge on any atom is 0.225 e. The van der Waals surface area contributed by atoms with E-state index >= 15 is 0 Å². The standard InChI is InChI=1S/C20H22N4O/c1-14-8-4-6-10-17(14)23-19-12-15(2)22-20(24-19)21-13-16-9-5-7-11-18(16)25-3/h4-12H,13H2,1-3H3,(H2,21,22,23,24). The number of para-hydroxylation sites is 2. The predicted molar refractivity (Wildman–Crippen MR) is 102 cm³/mol. The molecule has 0 saturated carbocycles. The van der Waals surface area contributed by atoms with Crippen molar-refractivity contribution in [3.8, 4) is 5.75 Å². The summed E-state index contributed by atoms with van der Waals surface area (Å²) in [4.78, 5) is 9.03. The van der Waals surface area contributed by atoms with E-state index < -0.39 is 0 Å². The van der Waals surface area contributed by atoms with Gasteiger partial charge in [0.2, 0.25) is 5.95 Å². The smallest absolute Gasteiger partial charge is 0.225 e. The second-order valence-corrected chi connectivity index (χ2v) is 5.82. The Morgan fingerprint density at radius 1 is 0.960 bits per heavy atom. The molecule has 1 aromatic heterocycles. The molecule has 3 aromatic rings. The first kappa shape index (κ1) is 16.8. The van der Waals surface area contributed by atoms with Crippen LogP contribution in [0.1, 0.15) is 16.8 Å². The van der Waals surface area contributed by atoms with E-state index in [1.807, 2.05) is 55.5 Å². The first-order chi connectivity index (χ1) is 12.2. The van der Waals surface area contributed by atoms with Crippen molar-refractivity contribution in [1.29, 1.82) is 0 Å². The lowest BCUT2D eigenvalue weighted by atomic mass is 10.2. The average molecular weight is 334 g/mol. The molecule has 2 N–H and O–H groups in total. The van der Waals surface area contributed by atoms with E-state index in [-0.39, 0.29) is 0 Å². The number of aromatic nitrogens is 2. The van der Waals surface area contributed by atoms with E-state index in [0.717, 1.165) is 28.5 Å². The minimum absolute atomic E-state index is 0.585. The molecule has 0 aliphatic carbocycles. The van der Waals surface area contributed by atoms with Crippen molar-refractivity contribution in [2.45, 2.75) is 20.4 Å². The number of rotatable bonds is 6. The van der Waals surface area contributed by atoms with E-state index in [4.69, 9.17) is 4.74 Å². The van der Waals surface area contributed by atoms with Crippen LogP contribution in [-0.2, 0) is 6.54 Å². The van der Waals surface area contributed by atoms with Crippen LogP contribution in [0.3, 0.4) is 0 Å². The van der Waals surface area contributed by atoms with E-state index in [1.165, 1.54) is 5.56 Å². The van der Waals surface area contributed by atoms with Crippen molar-refractivity contribution < 1.29 is 4.74 Å². The number of ether oxygens (including phenoxy) is 1. The zero-order valence-electron chi connectivity index (χ0n) is 14.7. The maximum absolute atomic E-state index is 5.38. The first-order valence-electron chi connectivity index (χ1n) is 8.20. The predicted octanol–water partition coefficient (Wildman–Crippen LogP) is 4.46. The van der Waals surface area contributed by atoms with E-state index in [2.05, 4.69) is 33.6 Å². The third-order valence-electron chi connectivity index (χ3n) is 3.89. The fraction of sp³-hybridized carbons (Fsp3) is 0.200. The number of hydrogen-bond acceptors (Lipinski definition) is 5. The quantitative estimate of drug-likeness (QED) is 0.697. The van der Waals surface area contributed by atoms with Gasteiger partial charge in [0, 0.05) is 29.6 Å². The summed E-state index contributed by atoms with van der Waals surface area (Å²) < 4.78 is 5.38. The van der Waals surface area contributed by atoms with Gasteiger partial charge in [-0.05, 0) is 31.5 Å². The molecule has 0 aliphatic rings. The number of aryl methyl sites for hydroxylation is 2. The van der Waals surface area contributed by atoms with Crippen LogP contribution in [0, 0.1) is 13.8 Å². The molecule has 0 atom stereocenters. The molecule has 5 heteroatoms. The summed E-state index contributed by atoms with van der Waals surface area (Å²) in [5.74, 6) is 2.20. The number of hydrogen-bond donors (Lipinski definition) is 2. The largest absolute Gasteiger partial charge is 0.496 e. The fourth-order valence-electron chi connectivity index (χ4n) is 2.59. The van der Waals surface area contributed by atoms with Crippen LogP contribution in [-0.4, -0.2) is 17.1 Å². The Morgan fingerprint density at radius 2 is 1.72 bits per heavy atom. The second kappa shape index (κ2) is 7.66. The average Bonchev–Trinajstić information content (AvgIpc) is 2.62. The van der Waals surface area contributed by atoms with Gasteiger partial charge >= 0.3 is 0 Å². The van der Waals surface area contributed by atoms with E-state index in [1.54, 1.807) is 7.11 Å². The molecule has 0 radical (unpaired) electrons. The van der Waals surface area contributed by atoms with Crippen molar-refractivity contribution in [2.24, 2.45) is 0 Å². The van der Waals surface area contributed by atoms with Crippen LogP contribution in [0.2, 0.25) is 0 Å². The van der Waals surface area contributed by atoms with Crippen molar-refractivity contribution in [3.63, 3.8) is 0 Å². The van der Waals surface area contributed by atoms with Gasteiger partial charge < -0.3 is 15.4 Å². The van der Waals surface area contributed by atoms with Gasteiger partial charge in [-0.2, -0.15) is 4.98 Å². The lowest BCUT2D eigenvalue weighted by Crippen LogP contribution is -2.07. The zero-order chi connectivity index (χ0) is 17.6. The number of nitrogens with zero attached hydrogens (tertiary/aromatic N) is 2. The van der Waals surface area contributed by atoms with Gasteiger partial charge in [-0.1, -0.05) is 36.4 Å². The number of anilines is 3. The topological polar surface area (TPSA) is 59.1 Å². The molecule has 0 amide bonds. The maximum atomic E-state index is 5.38. The Bertz CT molecular complexity index is 864. The summed E-state index contributed by atoms with van der Waals surface area (Å²) in [6, 6.07) is 18.0. The minimum atomic E-state index is 0.585. The highest BCUT2D eigenvalue weighted by molar-refractivity contribution is 5.61. The number of nitrogens with one attached hydrogen (secondary N) is 2. The summed E-state index contributed by atoms with van der Waals surface area (Å²) in [5, 5.41) is 6.63. The Kier molecular flexibility index (Phi) is 5.14. The minimum Gasteiger partial charge on any atom is -0.496 e. The normalized spacial score (nSPS) is 10.4. The summed E-state index contributed by atoms with van der Waals surface area (Å²) in [6.07, 6.45) is 0. The number of benzene rings is 2. The summed E-state index contributed by atoms with van der Waals surface area (Å²) in [7, 11) is 1.67. The molecule has 0 aliphatic heterocycles. The molecule has 3 rings (SSSR count). The van der Waals surface area contributed by atoms with E-state index in [0.29, 0.717) is 12.5 Å². The third-order valence-corrected chi connectivity index (χ3v) is 3.89. The van der Waals surface area contributed by atoms with Crippen molar-refractivity contribution in [2.75, 3.05) is 17.7 Å².